The van der Waals surface area contributed by atoms with E-state index in [1.807, 2.05) is 6.07 Å². The Morgan fingerprint density at radius 3 is 1.37 bits per heavy atom. The van der Waals surface area contributed by atoms with Crippen LogP contribution < -0.4 is 5.46 Å². The Hall–Kier alpha value is -5.39. The molecule has 0 saturated heterocycles. The van der Waals surface area contributed by atoms with Gasteiger partial charge in [-0.15, -0.1) is 0 Å². The van der Waals surface area contributed by atoms with Crippen molar-refractivity contribution in [1.29, 1.82) is 5.26 Å². The van der Waals surface area contributed by atoms with Gasteiger partial charge in [-0.2, -0.15) is 5.26 Å². The number of nitriles is 1. The van der Waals surface area contributed by atoms with Gasteiger partial charge in [0.05, 0.1) is 11.6 Å². The smallest absolute Gasteiger partial charge is 0.140 e. The SMILES string of the molecule is Bc1ccc2c3c(-c4ccccc4)c4c5ccc(C#N)c6cccc(c4c(-c4ccccc4)c3c3cccc1c32)c65. The summed E-state index contributed by atoms with van der Waals surface area (Å²) in [4.78, 5) is 0. The van der Waals surface area contributed by atoms with Crippen molar-refractivity contribution in [2.45, 2.75) is 0 Å². The van der Waals surface area contributed by atoms with E-state index < -0.39 is 0 Å². The minimum absolute atomic E-state index is 0.721. The van der Waals surface area contributed by atoms with Crippen LogP contribution in [0.4, 0.5) is 0 Å². The van der Waals surface area contributed by atoms with Gasteiger partial charge in [0, 0.05) is 5.39 Å². The molecule has 41 heavy (non-hydrogen) atoms. The summed E-state index contributed by atoms with van der Waals surface area (Å²) in [6, 6.07) is 46.2. The van der Waals surface area contributed by atoms with Crippen molar-refractivity contribution in [1.82, 2.24) is 0 Å². The zero-order chi connectivity index (χ0) is 27.2. The fraction of sp³-hybridized carbons (Fsp3) is 0. The lowest BCUT2D eigenvalue weighted by atomic mass is 9.87. The third-order valence-electron chi connectivity index (χ3n) is 9.12. The first-order valence-corrected chi connectivity index (χ1v) is 14.1. The molecule has 9 rings (SSSR count). The number of hydrogen-bond donors (Lipinski definition) is 0. The Balaban J connectivity index is 1.71. The highest BCUT2D eigenvalue weighted by Gasteiger charge is 2.27. The van der Waals surface area contributed by atoms with Crippen LogP contribution in [0.3, 0.4) is 0 Å². The molecule has 0 atom stereocenters. The summed E-state index contributed by atoms with van der Waals surface area (Å²) < 4.78 is 0. The lowest BCUT2D eigenvalue weighted by molar-refractivity contribution is 1.51. The highest BCUT2D eigenvalue weighted by atomic mass is 14.3. The van der Waals surface area contributed by atoms with Gasteiger partial charge in [0.15, 0.2) is 0 Å². The predicted molar refractivity (Wildman–Crippen MR) is 178 cm³/mol. The molecular weight excluding hydrogens is 493 g/mol. The average molecular weight is 515 g/mol. The topological polar surface area (TPSA) is 23.8 Å². The second-order valence-corrected chi connectivity index (χ2v) is 11.1. The van der Waals surface area contributed by atoms with E-state index in [1.54, 1.807) is 0 Å². The van der Waals surface area contributed by atoms with E-state index in [9.17, 15) is 5.26 Å². The van der Waals surface area contributed by atoms with Gasteiger partial charge in [-0.25, -0.2) is 0 Å². The average Bonchev–Trinajstić information content (AvgIpc) is 3.54. The maximum absolute atomic E-state index is 10.0. The van der Waals surface area contributed by atoms with Gasteiger partial charge >= 0.3 is 0 Å². The molecule has 2 heteroatoms. The molecule has 0 radical (unpaired) electrons. The zero-order valence-corrected chi connectivity index (χ0v) is 22.5. The summed E-state index contributed by atoms with van der Waals surface area (Å²) in [5, 5.41) is 25.1. The van der Waals surface area contributed by atoms with Crippen LogP contribution in [0, 0.1) is 11.3 Å². The van der Waals surface area contributed by atoms with Gasteiger partial charge in [0.2, 0.25) is 0 Å². The van der Waals surface area contributed by atoms with E-state index in [1.165, 1.54) is 87.0 Å². The second-order valence-electron chi connectivity index (χ2n) is 11.1. The van der Waals surface area contributed by atoms with Crippen molar-refractivity contribution in [2.24, 2.45) is 0 Å². The monoisotopic (exact) mass is 515 g/mol. The van der Waals surface area contributed by atoms with Crippen molar-refractivity contribution in [2.75, 3.05) is 0 Å². The van der Waals surface area contributed by atoms with Gasteiger partial charge in [-0.05, 0) is 87.6 Å². The number of fused-ring (bicyclic) bond motifs is 6. The maximum atomic E-state index is 10.0. The highest BCUT2D eigenvalue weighted by molar-refractivity contribution is 6.49. The summed E-state index contributed by atoms with van der Waals surface area (Å²) in [5.41, 5.74) is 7.00. The Kier molecular flexibility index (Phi) is 4.42. The lowest BCUT2D eigenvalue weighted by Crippen LogP contribution is -2.02. The summed E-state index contributed by atoms with van der Waals surface area (Å²) >= 11 is 0. The summed E-state index contributed by atoms with van der Waals surface area (Å²) in [6.07, 6.45) is 0. The molecule has 0 amide bonds. The standard InChI is InChI=1S/C39H22BN/c40-31-20-19-30-35-26(31)14-8-16-28(35)37-32(22-9-3-1-4-10-22)36-27-15-7-13-25-24(21-41)17-18-29(34(25)27)38(36)33(39(30)37)23-11-5-2-6-12-23/h1-20H,40H2. The van der Waals surface area contributed by atoms with Crippen LogP contribution in [-0.2, 0) is 0 Å². The van der Waals surface area contributed by atoms with E-state index in [0.29, 0.717) is 0 Å². The van der Waals surface area contributed by atoms with Crippen molar-refractivity contribution in [3.8, 4) is 28.3 Å². The van der Waals surface area contributed by atoms with E-state index in [0.717, 1.165) is 10.9 Å². The van der Waals surface area contributed by atoms with E-state index >= 15 is 0 Å². The molecule has 9 aromatic rings. The second kappa shape index (κ2) is 8.07. The van der Waals surface area contributed by atoms with Gasteiger partial charge in [0.25, 0.3) is 0 Å². The van der Waals surface area contributed by atoms with Crippen LogP contribution >= 0.6 is 0 Å². The van der Waals surface area contributed by atoms with Crippen molar-refractivity contribution < 1.29 is 0 Å². The number of benzene rings is 7. The molecule has 0 aliphatic heterocycles. The van der Waals surface area contributed by atoms with E-state index in [-0.39, 0.29) is 0 Å². The van der Waals surface area contributed by atoms with Gasteiger partial charge in [-0.3, -0.25) is 0 Å². The quantitative estimate of drug-likeness (QED) is 0.211. The minimum Gasteiger partial charge on any atom is -0.192 e. The largest absolute Gasteiger partial charge is 0.192 e. The summed E-state index contributed by atoms with van der Waals surface area (Å²) in [7, 11) is 2.21. The first-order valence-electron chi connectivity index (χ1n) is 14.1. The van der Waals surface area contributed by atoms with Gasteiger partial charge in [-0.1, -0.05) is 121 Å². The van der Waals surface area contributed by atoms with Crippen molar-refractivity contribution in [3.05, 3.63) is 127 Å². The molecular formula is C39H22BN. The first-order chi connectivity index (χ1) is 20.3. The van der Waals surface area contributed by atoms with E-state index in [2.05, 4.69) is 129 Å². The molecule has 0 aromatic heterocycles. The highest BCUT2D eigenvalue weighted by Crippen LogP contribution is 2.55. The number of nitrogens with zero attached hydrogens (tertiary/aromatic N) is 1. The predicted octanol–water partition coefficient (Wildman–Crippen LogP) is 8.95. The van der Waals surface area contributed by atoms with Gasteiger partial charge in [0.1, 0.15) is 7.85 Å². The molecule has 0 N–H and O–H groups in total. The molecule has 0 aliphatic rings. The van der Waals surface area contributed by atoms with Crippen LogP contribution in [0.1, 0.15) is 5.56 Å². The Morgan fingerprint density at radius 2 is 0.829 bits per heavy atom. The summed E-state index contributed by atoms with van der Waals surface area (Å²) in [6.45, 7) is 0. The van der Waals surface area contributed by atoms with E-state index in [4.69, 9.17) is 0 Å². The molecule has 9 aromatic carbocycles. The molecule has 186 valence electrons. The third kappa shape index (κ3) is 2.80. The van der Waals surface area contributed by atoms with Crippen LogP contribution in [-0.4, -0.2) is 7.85 Å². The maximum Gasteiger partial charge on any atom is 0.140 e. The van der Waals surface area contributed by atoms with Gasteiger partial charge < -0.3 is 0 Å². The fourth-order valence-electron chi connectivity index (χ4n) is 7.50. The van der Waals surface area contributed by atoms with Crippen molar-refractivity contribution >= 4 is 77.9 Å². The fourth-order valence-corrected chi connectivity index (χ4v) is 7.50. The van der Waals surface area contributed by atoms with Crippen LogP contribution in [0.25, 0.3) is 86.9 Å². The Morgan fingerprint density at radius 1 is 0.390 bits per heavy atom. The zero-order valence-electron chi connectivity index (χ0n) is 22.5. The van der Waals surface area contributed by atoms with Crippen LogP contribution in [0.15, 0.2) is 121 Å². The number of hydrogen-bond acceptors (Lipinski definition) is 1. The van der Waals surface area contributed by atoms with Crippen LogP contribution in [0.2, 0.25) is 0 Å². The first kappa shape index (κ1) is 22.4. The normalized spacial score (nSPS) is 12.0. The molecule has 0 spiro atoms. The number of rotatable bonds is 2. The van der Waals surface area contributed by atoms with Crippen LogP contribution in [0.5, 0.6) is 0 Å². The molecule has 0 bridgehead atoms. The Labute approximate surface area is 238 Å². The molecule has 0 aliphatic carbocycles. The Bertz CT molecular complexity index is 2420. The van der Waals surface area contributed by atoms with Crippen molar-refractivity contribution in [3.63, 3.8) is 0 Å². The minimum atomic E-state index is 0.721. The molecule has 1 nitrogen and oxygen atoms in total. The third-order valence-corrected chi connectivity index (χ3v) is 9.12. The summed E-state index contributed by atoms with van der Waals surface area (Å²) in [5.74, 6) is 0. The molecule has 0 unspecified atom stereocenters. The molecule has 0 fully saturated rings. The molecule has 0 saturated carbocycles. The molecule has 0 heterocycles. The lowest BCUT2D eigenvalue weighted by Gasteiger charge is -2.15.